The minimum Gasteiger partial charge on any atom is -0.338 e. The van der Waals surface area contributed by atoms with Crippen molar-refractivity contribution >= 4 is 17.7 Å². The average molecular weight is 303 g/mol. The topological polar surface area (TPSA) is 66.1 Å². The zero-order chi connectivity index (χ0) is 15.1. The number of benzene rings is 1. The maximum atomic E-state index is 12.2. The molecule has 5 nitrogen and oxygen atoms in total. The Bertz CT molecular complexity index is 643. The largest absolute Gasteiger partial charge is 0.338 e. The molecule has 1 aromatic heterocycles. The molecule has 0 saturated heterocycles. The van der Waals surface area contributed by atoms with Crippen LogP contribution in [0.4, 0.5) is 0 Å². The van der Waals surface area contributed by atoms with Crippen molar-refractivity contribution in [2.24, 2.45) is 0 Å². The van der Waals surface area contributed by atoms with Crippen molar-refractivity contribution in [1.29, 1.82) is 0 Å². The molecule has 6 heteroatoms. The van der Waals surface area contributed by atoms with E-state index in [0.717, 1.165) is 5.56 Å². The maximum Gasteiger partial charge on any atom is 0.251 e. The van der Waals surface area contributed by atoms with Gasteiger partial charge in [0.1, 0.15) is 0 Å². The monoisotopic (exact) mass is 303 g/mol. The Morgan fingerprint density at radius 2 is 2.05 bits per heavy atom. The van der Waals surface area contributed by atoms with Crippen LogP contribution in [-0.4, -0.2) is 33.1 Å². The molecule has 2 aromatic rings. The molecule has 0 spiro atoms. The number of nitrogens with one attached hydrogen (secondary N) is 1. The lowest BCUT2D eigenvalue weighted by molar-refractivity contribution is -0.128. The highest BCUT2D eigenvalue weighted by molar-refractivity contribution is 7.99. The summed E-state index contributed by atoms with van der Waals surface area (Å²) in [6.07, 6.45) is 1.44. The number of hydrogen-bond acceptors (Lipinski definition) is 4. The van der Waals surface area contributed by atoms with Crippen LogP contribution in [0.5, 0.6) is 0 Å². The van der Waals surface area contributed by atoms with E-state index in [0.29, 0.717) is 18.2 Å². The lowest BCUT2D eigenvalue weighted by Gasteiger charge is -2.20. The van der Waals surface area contributed by atoms with Crippen LogP contribution in [0.2, 0.25) is 0 Å². The first-order valence-electron chi connectivity index (χ1n) is 6.69. The van der Waals surface area contributed by atoms with E-state index in [9.17, 15) is 9.59 Å². The highest BCUT2D eigenvalue weighted by Gasteiger charge is 2.13. The van der Waals surface area contributed by atoms with Crippen LogP contribution in [0.15, 0.2) is 52.5 Å². The standard InChI is InChI=1S/C15H17N3O2S/c1-2-18(10-12-6-4-3-5-7-12)14(20)11-21-15-16-9-8-13(19)17-15/h3-9H,2,10-11H2,1H3,(H,16,17,19). The number of amides is 1. The molecule has 0 aliphatic carbocycles. The summed E-state index contributed by atoms with van der Waals surface area (Å²) in [4.78, 5) is 31.8. The molecule has 0 fully saturated rings. The van der Waals surface area contributed by atoms with E-state index in [-0.39, 0.29) is 17.2 Å². The van der Waals surface area contributed by atoms with Crippen molar-refractivity contribution in [3.05, 3.63) is 58.5 Å². The molecule has 1 heterocycles. The van der Waals surface area contributed by atoms with E-state index in [1.165, 1.54) is 24.0 Å². The van der Waals surface area contributed by atoms with Crippen LogP contribution in [0.3, 0.4) is 0 Å². The Balaban J connectivity index is 1.93. The molecule has 0 radical (unpaired) electrons. The van der Waals surface area contributed by atoms with Crippen molar-refractivity contribution in [3.63, 3.8) is 0 Å². The second-order valence-electron chi connectivity index (χ2n) is 4.42. The Labute approximate surface area is 127 Å². The number of carbonyl (C=O) groups excluding carboxylic acids is 1. The van der Waals surface area contributed by atoms with E-state index in [1.807, 2.05) is 37.3 Å². The normalized spacial score (nSPS) is 10.3. The van der Waals surface area contributed by atoms with Gasteiger partial charge in [0.25, 0.3) is 5.56 Å². The van der Waals surface area contributed by atoms with Crippen LogP contribution in [0.1, 0.15) is 12.5 Å². The molecule has 21 heavy (non-hydrogen) atoms. The number of aromatic amines is 1. The number of hydrogen-bond donors (Lipinski definition) is 1. The van der Waals surface area contributed by atoms with Gasteiger partial charge in [0, 0.05) is 25.4 Å². The van der Waals surface area contributed by atoms with Crippen LogP contribution in [0.25, 0.3) is 0 Å². The van der Waals surface area contributed by atoms with E-state index in [2.05, 4.69) is 9.97 Å². The zero-order valence-electron chi connectivity index (χ0n) is 11.8. The Morgan fingerprint density at radius 3 is 2.71 bits per heavy atom. The summed E-state index contributed by atoms with van der Waals surface area (Å²) in [5, 5.41) is 0.464. The second kappa shape index (κ2) is 7.64. The summed E-state index contributed by atoms with van der Waals surface area (Å²) in [6, 6.07) is 11.2. The number of H-pyrrole nitrogens is 1. The number of rotatable bonds is 6. The molecule has 0 bridgehead atoms. The van der Waals surface area contributed by atoms with Gasteiger partial charge in [0.15, 0.2) is 5.16 Å². The quantitative estimate of drug-likeness (QED) is 0.654. The van der Waals surface area contributed by atoms with Crippen molar-refractivity contribution < 1.29 is 4.79 Å². The van der Waals surface area contributed by atoms with Gasteiger partial charge in [0.2, 0.25) is 5.91 Å². The van der Waals surface area contributed by atoms with Crippen LogP contribution in [0, 0.1) is 0 Å². The summed E-state index contributed by atoms with van der Waals surface area (Å²) in [6.45, 7) is 3.19. The zero-order valence-corrected chi connectivity index (χ0v) is 12.6. The third-order valence-corrected chi connectivity index (χ3v) is 3.80. The highest BCUT2D eigenvalue weighted by atomic mass is 32.2. The van der Waals surface area contributed by atoms with E-state index in [4.69, 9.17) is 0 Å². The molecule has 0 aliphatic heterocycles. The van der Waals surface area contributed by atoms with Crippen molar-refractivity contribution in [1.82, 2.24) is 14.9 Å². The first-order chi connectivity index (χ1) is 10.2. The fourth-order valence-corrected chi connectivity index (χ4v) is 2.58. The highest BCUT2D eigenvalue weighted by Crippen LogP contribution is 2.12. The molecule has 0 aliphatic rings. The third kappa shape index (κ3) is 4.75. The van der Waals surface area contributed by atoms with Gasteiger partial charge in [-0.2, -0.15) is 0 Å². The lowest BCUT2D eigenvalue weighted by atomic mass is 10.2. The Kier molecular flexibility index (Phi) is 5.57. The summed E-state index contributed by atoms with van der Waals surface area (Å²) >= 11 is 1.24. The SMILES string of the molecule is CCN(Cc1ccccc1)C(=O)CSc1nccc(=O)[nH]1. The van der Waals surface area contributed by atoms with Crippen LogP contribution in [-0.2, 0) is 11.3 Å². The fraction of sp³-hybridized carbons (Fsp3) is 0.267. The van der Waals surface area contributed by atoms with Gasteiger partial charge in [-0.25, -0.2) is 4.98 Å². The third-order valence-electron chi connectivity index (χ3n) is 2.93. The first-order valence-corrected chi connectivity index (χ1v) is 7.67. The van der Waals surface area contributed by atoms with Crippen molar-refractivity contribution in [2.75, 3.05) is 12.3 Å². The molecule has 0 atom stereocenters. The molecule has 1 aromatic carbocycles. The van der Waals surface area contributed by atoms with E-state index >= 15 is 0 Å². The minimum absolute atomic E-state index is 0.0258. The summed E-state index contributed by atoms with van der Waals surface area (Å²) < 4.78 is 0. The van der Waals surface area contributed by atoms with Gasteiger partial charge in [-0.05, 0) is 12.5 Å². The first kappa shape index (κ1) is 15.3. The number of aromatic nitrogens is 2. The van der Waals surface area contributed by atoms with Gasteiger partial charge >= 0.3 is 0 Å². The molecular weight excluding hydrogens is 286 g/mol. The average Bonchev–Trinajstić information content (AvgIpc) is 2.51. The molecule has 0 unspecified atom stereocenters. The lowest BCUT2D eigenvalue weighted by Crippen LogP contribution is -2.31. The number of nitrogens with zero attached hydrogens (tertiary/aromatic N) is 2. The predicted molar refractivity (Wildman–Crippen MR) is 83.1 cm³/mol. The van der Waals surface area contributed by atoms with Crippen LogP contribution < -0.4 is 5.56 Å². The van der Waals surface area contributed by atoms with E-state index in [1.54, 1.807) is 4.90 Å². The Morgan fingerprint density at radius 1 is 1.29 bits per heavy atom. The van der Waals surface area contributed by atoms with Gasteiger partial charge in [0.05, 0.1) is 5.75 Å². The molecular formula is C15H17N3O2S. The van der Waals surface area contributed by atoms with Crippen molar-refractivity contribution in [3.8, 4) is 0 Å². The van der Waals surface area contributed by atoms with Gasteiger partial charge in [-0.1, -0.05) is 42.1 Å². The fourth-order valence-electron chi connectivity index (χ4n) is 1.83. The smallest absolute Gasteiger partial charge is 0.251 e. The Hall–Kier alpha value is -2.08. The molecule has 2 rings (SSSR count). The summed E-state index contributed by atoms with van der Waals surface area (Å²) in [5.74, 6) is 0.283. The molecule has 110 valence electrons. The second-order valence-corrected chi connectivity index (χ2v) is 5.39. The molecule has 1 N–H and O–H groups in total. The number of carbonyl (C=O) groups is 1. The van der Waals surface area contributed by atoms with Gasteiger partial charge in [-0.15, -0.1) is 0 Å². The number of thioether (sulfide) groups is 1. The van der Waals surface area contributed by atoms with Gasteiger partial charge < -0.3 is 9.88 Å². The van der Waals surface area contributed by atoms with Gasteiger partial charge in [-0.3, -0.25) is 9.59 Å². The summed E-state index contributed by atoms with van der Waals surface area (Å²) in [7, 11) is 0. The molecule has 1 amide bonds. The van der Waals surface area contributed by atoms with Crippen molar-refractivity contribution in [2.45, 2.75) is 18.6 Å². The summed E-state index contributed by atoms with van der Waals surface area (Å²) in [5.41, 5.74) is 0.889. The molecule has 0 saturated carbocycles. The predicted octanol–water partition coefficient (Wildman–Crippen LogP) is 1.91. The maximum absolute atomic E-state index is 12.2. The van der Waals surface area contributed by atoms with Crippen LogP contribution >= 0.6 is 11.8 Å². The minimum atomic E-state index is -0.211. The van der Waals surface area contributed by atoms with E-state index < -0.39 is 0 Å².